The largest absolute Gasteiger partial charge is 1.00 e. The maximum atomic E-state index is 13.8. The summed E-state index contributed by atoms with van der Waals surface area (Å²) in [6.45, 7) is 3.57. The van der Waals surface area contributed by atoms with Gasteiger partial charge in [0.25, 0.3) is 0 Å². The summed E-state index contributed by atoms with van der Waals surface area (Å²) in [6, 6.07) is 13.8. The van der Waals surface area contributed by atoms with Gasteiger partial charge in [0.1, 0.15) is 9.84 Å². The number of sulfone groups is 2. The van der Waals surface area contributed by atoms with Gasteiger partial charge in [-0.05, 0) is 30.7 Å². The summed E-state index contributed by atoms with van der Waals surface area (Å²) in [7, 11) is -6.12. The Morgan fingerprint density at radius 2 is 1.21 bits per heavy atom. The monoisotopic (exact) mass is 586 g/mol. The fourth-order valence-corrected chi connectivity index (χ4v) is 6.90. The Labute approximate surface area is 250 Å². The summed E-state index contributed by atoms with van der Waals surface area (Å²) < 4.78 is 68.7. The van der Waals surface area contributed by atoms with Crippen LogP contribution in [0.3, 0.4) is 0 Å². The summed E-state index contributed by atoms with van der Waals surface area (Å²) in [5.74, 6) is -3.25. The standard InChI is InChI=1S/C26H27O10S2.Na/c1-19(37(30,31)20-12-7-5-8-13-20)22(38(32,33)21-14-9-6-10-15-21)18-26(24(28)35-3,25(29)36-4)17-11-16-23(27)34-2;/h5-16H,1,17-18H2,2-4H3;/q-1;+1/b16-11+,22-19?;. The second-order valence-corrected chi connectivity index (χ2v) is 11.8. The van der Waals surface area contributed by atoms with Crippen LogP contribution in [0.25, 0.3) is 0 Å². The Hall–Kier alpha value is -2.90. The smallest absolute Gasteiger partial charge is 0.468 e. The number of esters is 3. The maximum Gasteiger partial charge on any atom is 1.00 e. The first-order valence-electron chi connectivity index (χ1n) is 10.9. The van der Waals surface area contributed by atoms with E-state index in [1.807, 2.05) is 0 Å². The summed E-state index contributed by atoms with van der Waals surface area (Å²) in [6.07, 6.45) is 0.427. The van der Waals surface area contributed by atoms with Crippen molar-refractivity contribution in [3.63, 3.8) is 0 Å². The summed E-state index contributed by atoms with van der Waals surface area (Å²) in [4.78, 5) is 35.5. The zero-order valence-corrected chi connectivity index (χ0v) is 25.6. The first-order chi connectivity index (χ1) is 17.9. The number of benzene rings is 2. The molecule has 0 atom stereocenters. The van der Waals surface area contributed by atoms with Gasteiger partial charge in [-0.1, -0.05) is 58.7 Å². The molecule has 2 aromatic rings. The number of carbonyl (C=O) groups excluding carboxylic acids is 3. The van der Waals surface area contributed by atoms with Crippen molar-refractivity contribution in [1.29, 1.82) is 0 Å². The van der Waals surface area contributed by atoms with Gasteiger partial charge in [0.05, 0.1) is 31.1 Å². The second-order valence-electron chi connectivity index (χ2n) is 7.85. The molecule has 0 unspecified atom stereocenters. The zero-order valence-electron chi connectivity index (χ0n) is 21.9. The van der Waals surface area contributed by atoms with E-state index in [4.69, 9.17) is 9.47 Å². The SMILES string of the molecule is [CH2-]C(=C(CC(C/C=C/C(=O)OC)(C(=O)OC)C(=O)OC)S(=O)(=O)c1ccccc1)S(=O)(=O)c1ccccc1.[Na+]. The van der Waals surface area contributed by atoms with Gasteiger partial charge in [-0.2, -0.15) is 0 Å². The first kappa shape index (κ1) is 34.1. The molecule has 0 aliphatic carbocycles. The Bertz CT molecular complexity index is 1430. The summed E-state index contributed by atoms with van der Waals surface area (Å²) >= 11 is 0. The van der Waals surface area contributed by atoms with Crippen LogP contribution in [-0.2, 0) is 48.3 Å². The normalized spacial score (nSPS) is 12.6. The molecule has 0 spiro atoms. The van der Waals surface area contributed by atoms with Gasteiger partial charge in [-0.3, -0.25) is 9.59 Å². The number of ether oxygens (including phenoxy) is 3. The van der Waals surface area contributed by atoms with Gasteiger partial charge in [0.15, 0.2) is 15.3 Å². The van der Waals surface area contributed by atoms with Crippen molar-refractivity contribution in [2.45, 2.75) is 22.6 Å². The van der Waals surface area contributed by atoms with Gasteiger partial charge in [-0.25, -0.2) is 28.6 Å². The van der Waals surface area contributed by atoms with Gasteiger partial charge >= 0.3 is 47.5 Å². The van der Waals surface area contributed by atoms with Gasteiger partial charge in [0, 0.05) is 6.08 Å². The zero-order chi connectivity index (χ0) is 28.6. The minimum absolute atomic E-state index is 0. The molecule has 13 heteroatoms. The van der Waals surface area contributed by atoms with E-state index in [1.54, 1.807) is 12.1 Å². The van der Waals surface area contributed by atoms with E-state index in [1.165, 1.54) is 48.5 Å². The van der Waals surface area contributed by atoms with Crippen LogP contribution >= 0.6 is 0 Å². The van der Waals surface area contributed by atoms with Crippen molar-refractivity contribution < 1.29 is 75.0 Å². The molecule has 0 heterocycles. The van der Waals surface area contributed by atoms with E-state index in [-0.39, 0.29) is 39.3 Å². The van der Waals surface area contributed by atoms with Crippen molar-refractivity contribution in [3.05, 3.63) is 89.5 Å². The molecule has 2 aromatic carbocycles. The van der Waals surface area contributed by atoms with E-state index in [0.717, 1.165) is 33.5 Å². The molecule has 10 nitrogen and oxygen atoms in total. The third kappa shape index (κ3) is 7.61. The van der Waals surface area contributed by atoms with Gasteiger partial charge in [-0.15, -0.1) is 0 Å². The Morgan fingerprint density at radius 1 is 0.769 bits per heavy atom. The summed E-state index contributed by atoms with van der Waals surface area (Å²) in [5.41, 5.74) is -2.40. The van der Waals surface area contributed by atoms with Crippen LogP contribution in [0.1, 0.15) is 12.8 Å². The quantitative estimate of drug-likeness (QED) is 0.0868. The first-order valence-corrected chi connectivity index (χ1v) is 13.9. The van der Waals surface area contributed by atoms with Crippen LogP contribution in [0.4, 0.5) is 0 Å². The molecule has 39 heavy (non-hydrogen) atoms. The van der Waals surface area contributed by atoms with Gasteiger partial charge < -0.3 is 14.2 Å². The van der Waals surface area contributed by atoms with E-state index in [0.29, 0.717) is 0 Å². The molecule has 0 N–H and O–H groups in total. The van der Waals surface area contributed by atoms with Crippen LogP contribution in [0.5, 0.6) is 0 Å². The molecule has 0 aromatic heterocycles. The van der Waals surface area contributed by atoms with Crippen LogP contribution in [0.2, 0.25) is 0 Å². The minimum atomic E-state index is -4.65. The Balaban J connectivity index is 0.00000760. The van der Waals surface area contributed by atoms with Crippen LogP contribution in [-0.4, -0.2) is 56.1 Å². The van der Waals surface area contributed by atoms with E-state index < -0.39 is 65.6 Å². The molecular formula is C26H27NaO10S2. The van der Waals surface area contributed by atoms with Gasteiger partial charge in [0.2, 0.25) is 0 Å². The second kappa shape index (κ2) is 14.5. The topological polar surface area (TPSA) is 147 Å². The molecule has 0 saturated heterocycles. The van der Waals surface area contributed by atoms with Crippen LogP contribution in [0, 0.1) is 12.3 Å². The molecule has 204 valence electrons. The number of allylic oxidation sites excluding steroid dienone is 3. The number of hydrogen-bond acceptors (Lipinski definition) is 10. The molecule has 0 aliphatic rings. The fraction of sp³-hybridized carbons (Fsp3) is 0.231. The van der Waals surface area contributed by atoms with Crippen molar-refractivity contribution in [2.75, 3.05) is 21.3 Å². The van der Waals surface area contributed by atoms with E-state index in [2.05, 4.69) is 11.7 Å². The molecule has 0 fully saturated rings. The predicted molar refractivity (Wildman–Crippen MR) is 136 cm³/mol. The van der Waals surface area contributed by atoms with Crippen molar-refractivity contribution in [2.24, 2.45) is 5.41 Å². The van der Waals surface area contributed by atoms with Crippen molar-refractivity contribution >= 4 is 37.6 Å². The van der Waals surface area contributed by atoms with Crippen molar-refractivity contribution in [3.8, 4) is 0 Å². The molecule has 0 radical (unpaired) electrons. The number of rotatable bonds is 11. The third-order valence-corrected chi connectivity index (χ3v) is 9.45. The average Bonchev–Trinajstić information content (AvgIpc) is 2.94. The molecule has 2 rings (SSSR count). The average molecular weight is 587 g/mol. The van der Waals surface area contributed by atoms with Crippen LogP contribution in [0.15, 0.2) is 92.4 Å². The van der Waals surface area contributed by atoms with Crippen molar-refractivity contribution in [1.82, 2.24) is 0 Å². The molecule has 0 saturated carbocycles. The molecule has 0 amide bonds. The number of hydrogen-bond donors (Lipinski definition) is 0. The molecular weight excluding hydrogens is 559 g/mol. The number of methoxy groups -OCH3 is 3. The Morgan fingerprint density at radius 3 is 1.62 bits per heavy atom. The molecule has 0 bridgehead atoms. The summed E-state index contributed by atoms with van der Waals surface area (Å²) in [5, 5.41) is 0. The molecule has 0 aliphatic heterocycles. The predicted octanol–water partition coefficient (Wildman–Crippen LogP) is -0.174. The Kier molecular flexibility index (Phi) is 12.7. The minimum Gasteiger partial charge on any atom is -0.468 e. The van der Waals surface area contributed by atoms with Crippen LogP contribution < -0.4 is 29.6 Å². The number of carbonyl (C=O) groups is 3. The van der Waals surface area contributed by atoms with E-state index >= 15 is 0 Å². The third-order valence-electron chi connectivity index (χ3n) is 5.60. The maximum absolute atomic E-state index is 13.8. The fourth-order valence-electron chi connectivity index (χ4n) is 3.53. The van der Waals surface area contributed by atoms with E-state index in [9.17, 15) is 31.2 Å².